The monoisotopic (exact) mass is 452 g/mol. The minimum Gasteiger partial charge on any atom is -0.350 e. The van der Waals surface area contributed by atoms with Crippen LogP contribution in [0.1, 0.15) is 22.5 Å². The van der Waals surface area contributed by atoms with E-state index in [0.29, 0.717) is 17.3 Å². The molecule has 0 radical (unpaired) electrons. The van der Waals surface area contributed by atoms with Gasteiger partial charge >= 0.3 is 6.18 Å². The molecule has 2 N–H and O–H groups in total. The fraction of sp³-hybridized carbons (Fsp3) is 0.350. The van der Waals surface area contributed by atoms with Gasteiger partial charge < -0.3 is 15.4 Å². The minimum absolute atomic E-state index is 0.314. The van der Waals surface area contributed by atoms with Crippen molar-refractivity contribution in [2.75, 3.05) is 17.2 Å². The summed E-state index contributed by atoms with van der Waals surface area (Å²) >= 11 is 5.37. The van der Waals surface area contributed by atoms with Crippen LogP contribution in [0.25, 0.3) is 0 Å². The number of thiocarbonyl (C=S) groups is 1. The van der Waals surface area contributed by atoms with Crippen molar-refractivity contribution in [3.05, 3.63) is 59.2 Å². The van der Waals surface area contributed by atoms with Crippen molar-refractivity contribution >= 4 is 28.7 Å². The molecule has 3 rings (SSSR count). The first kappa shape index (κ1) is 22.8. The Bertz CT molecular complexity index is 1060. The Morgan fingerprint density at radius 3 is 2.61 bits per heavy atom. The standard InChI is InChI=1S/C20H23F3N6OS/c1-13-6-4-5-7-16(13)9-29-15(3)18(14(2)27-29)26-19(31)25-17-8-24-28(10-17)12-30-11-20(21,22)23/h4-8,10H,9,11-12H2,1-3H3,(H2,25,26,31). The summed E-state index contributed by atoms with van der Waals surface area (Å²) in [7, 11) is 0. The van der Waals surface area contributed by atoms with Gasteiger partial charge in [-0.25, -0.2) is 4.68 Å². The van der Waals surface area contributed by atoms with Crippen LogP contribution in [0.15, 0.2) is 36.7 Å². The molecule has 0 aliphatic rings. The van der Waals surface area contributed by atoms with Gasteiger partial charge in [0, 0.05) is 0 Å². The molecular formula is C20H23F3N6OS. The van der Waals surface area contributed by atoms with Crippen LogP contribution in [-0.4, -0.2) is 37.5 Å². The minimum atomic E-state index is -4.38. The van der Waals surface area contributed by atoms with Gasteiger partial charge in [-0.2, -0.15) is 23.4 Å². The van der Waals surface area contributed by atoms with Crippen molar-refractivity contribution in [3.63, 3.8) is 0 Å². The van der Waals surface area contributed by atoms with E-state index in [0.717, 1.165) is 17.1 Å². The van der Waals surface area contributed by atoms with E-state index in [1.165, 1.54) is 28.2 Å². The third kappa shape index (κ3) is 6.28. The zero-order valence-corrected chi connectivity index (χ0v) is 18.1. The number of nitrogens with one attached hydrogen (secondary N) is 2. The number of hydrogen-bond acceptors (Lipinski definition) is 4. The molecule has 0 unspecified atom stereocenters. The van der Waals surface area contributed by atoms with Crippen LogP contribution in [0.4, 0.5) is 24.5 Å². The third-order valence-electron chi connectivity index (χ3n) is 4.58. The summed E-state index contributed by atoms with van der Waals surface area (Å²) in [5.74, 6) is 0. The predicted octanol–water partition coefficient (Wildman–Crippen LogP) is 4.40. The quantitative estimate of drug-likeness (QED) is 0.518. The number of aromatic nitrogens is 4. The van der Waals surface area contributed by atoms with E-state index in [1.54, 1.807) is 0 Å². The second-order valence-electron chi connectivity index (χ2n) is 7.07. The van der Waals surface area contributed by atoms with Gasteiger partial charge in [0.15, 0.2) is 5.11 Å². The molecule has 2 aromatic heterocycles. The molecule has 31 heavy (non-hydrogen) atoms. The highest BCUT2D eigenvalue weighted by molar-refractivity contribution is 7.80. The Hall–Kier alpha value is -2.92. The first-order valence-corrected chi connectivity index (χ1v) is 9.86. The maximum Gasteiger partial charge on any atom is 0.411 e. The lowest BCUT2D eigenvalue weighted by atomic mass is 10.1. The summed E-state index contributed by atoms with van der Waals surface area (Å²) < 4.78 is 44.2. The van der Waals surface area contributed by atoms with E-state index in [1.807, 2.05) is 30.7 Å². The fourth-order valence-corrected chi connectivity index (χ4v) is 3.23. The first-order valence-electron chi connectivity index (χ1n) is 9.46. The van der Waals surface area contributed by atoms with E-state index >= 15 is 0 Å². The number of anilines is 2. The topological polar surface area (TPSA) is 68.9 Å². The molecule has 11 heteroatoms. The highest BCUT2D eigenvalue weighted by atomic mass is 32.1. The summed E-state index contributed by atoms with van der Waals surface area (Å²) in [5, 5.41) is 15.0. The fourth-order valence-electron chi connectivity index (χ4n) is 3.01. The molecule has 0 bridgehead atoms. The van der Waals surface area contributed by atoms with Gasteiger partial charge in [-0.1, -0.05) is 24.3 Å². The van der Waals surface area contributed by atoms with Gasteiger partial charge in [-0.3, -0.25) is 4.68 Å². The Kier molecular flexibility index (Phi) is 6.96. The molecule has 0 aliphatic carbocycles. The summed E-state index contributed by atoms with van der Waals surface area (Å²) in [6.45, 7) is 4.91. The smallest absolute Gasteiger partial charge is 0.350 e. The van der Waals surface area contributed by atoms with Gasteiger partial charge in [0.2, 0.25) is 0 Å². The van der Waals surface area contributed by atoms with Crippen LogP contribution < -0.4 is 10.6 Å². The maximum atomic E-state index is 12.2. The Morgan fingerprint density at radius 1 is 1.16 bits per heavy atom. The molecule has 1 aromatic carbocycles. The summed E-state index contributed by atoms with van der Waals surface area (Å²) in [6.07, 6.45) is -1.42. The van der Waals surface area contributed by atoms with Gasteiger partial charge in [0.25, 0.3) is 0 Å². The van der Waals surface area contributed by atoms with Crippen LogP contribution in [0.5, 0.6) is 0 Å². The number of aryl methyl sites for hydroxylation is 2. The SMILES string of the molecule is Cc1ccccc1Cn1nc(C)c(NC(=S)Nc2cnn(COCC(F)(F)F)c2)c1C. The van der Waals surface area contributed by atoms with Crippen LogP contribution >= 0.6 is 12.2 Å². The predicted molar refractivity (Wildman–Crippen MR) is 116 cm³/mol. The van der Waals surface area contributed by atoms with Crippen molar-refractivity contribution in [1.29, 1.82) is 0 Å². The van der Waals surface area contributed by atoms with Crippen LogP contribution in [0.3, 0.4) is 0 Å². The van der Waals surface area contributed by atoms with Crippen molar-refractivity contribution in [2.45, 2.75) is 40.2 Å². The molecule has 0 spiro atoms. The average Bonchev–Trinajstić information content (AvgIpc) is 3.22. The Morgan fingerprint density at radius 2 is 1.90 bits per heavy atom. The first-order chi connectivity index (χ1) is 14.6. The van der Waals surface area contributed by atoms with E-state index < -0.39 is 12.8 Å². The van der Waals surface area contributed by atoms with Crippen molar-refractivity contribution in [1.82, 2.24) is 19.6 Å². The third-order valence-corrected chi connectivity index (χ3v) is 4.79. The highest BCUT2D eigenvalue weighted by Crippen LogP contribution is 2.22. The molecule has 0 atom stereocenters. The number of hydrogen-bond donors (Lipinski definition) is 2. The lowest BCUT2D eigenvalue weighted by Gasteiger charge is -2.11. The van der Waals surface area contributed by atoms with Gasteiger partial charge in [0.1, 0.15) is 13.3 Å². The molecular weight excluding hydrogens is 429 g/mol. The number of alkyl halides is 3. The summed E-state index contributed by atoms with van der Waals surface area (Å²) in [5.41, 5.74) is 5.42. The zero-order chi connectivity index (χ0) is 22.6. The molecule has 2 heterocycles. The van der Waals surface area contributed by atoms with Gasteiger partial charge in [0.05, 0.1) is 41.7 Å². The Labute approximate surface area is 183 Å². The number of nitrogens with zero attached hydrogens (tertiary/aromatic N) is 4. The van der Waals surface area contributed by atoms with Crippen molar-refractivity contribution < 1.29 is 17.9 Å². The number of halogens is 3. The molecule has 0 aliphatic heterocycles. The van der Waals surface area contributed by atoms with Gasteiger partial charge in [-0.15, -0.1) is 0 Å². The molecule has 7 nitrogen and oxygen atoms in total. The molecule has 0 amide bonds. The van der Waals surface area contributed by atoms with E-state index in [2.05, 4.69) is 44.6 Å². The number of benzene rings is 1. The van der Waals surface area contributed by atoms with Crippen molar-refractivity contribution in [2.24, 2.45) is 0 Å². The lowest BCUT2D eigenvalue weighted by Crippen LogP contribution is -2.20. The molecule has 3 aromatic rings. The Balaban J connectivity index is 1.60. The summed E-state index contributed by atoms with van der Waals surface area (Å²) in [6, 6.07) is 8.14. The molecule has 0 fully saturated rings. The van der Waals surface area contributed by atoms with Crippen molar-refractivity contribution in [3.8, 4) is 0 Å². The average molecular weight is 453 g/mol. The number of ether oxygens (including phenoxy) is 1. The maximum absolute atomic E-state index is 12.2. The van der Waals surface area contributed by atoms with Crippen LogP contribution in [0, 0.1) is 20.8 Å². The normalized spacial score (nSPS) is 11.5. The second kappa shape index (κ2) is 9.48. The molecule has 0 saturated carbocycles. The van der Waals surface area contributed by atoms with Crippen LogP contribution in [0.2, 0.25) is 0 Å². The number of rotatable bonds is 7. The highest BCUT2D eigenvalue weighted by Gasteiger charge is 2.27. The zero-order valence-electron chi connectivity index (χ0n) is 17.3. The molecule has 166 valence electrons. The lowest BCUT2D eigenvalue weighted by molar-refractivity contribution is -0.182. The van der Waals surface area contributed by atoms with E-state index in [9.17, 15) is 13.2 Å². The van der Waals surface area contributed by atoms with E-state index in [4.69, 9.17) is 12.2 Å². The van der Waals surface area contributed by atoms with E-state index in [-0.39, 0.29) is 6.73 Å². The molecule has 0 saturated heterocycles. The second-order valence-corrected chi connectivity index (χ2v) is 7.48. The summed E-state index contributed by atoms with van der Waals surface area (Å²) in [4.78, 5) is 0. The van der Waals surface area contributed by atoms with Crippen LogP contribution in [-0.2, 0) is 18.0 Å². The largest absolute Gasteiger partial charge is 0.411 e. The van der Waals surface area contributed by atoms with Gasteiger partial charge in [-0.05, 0) is 44.1 Å².